The van der Waals surface area contributed by atoms with Crippen molar-refractivity contribution in [1.29, 1.82) is 0 Å². The van der Waals surface area contributed by atoms with Crippen molar-refractivity contribution in [3.63, 3.8) is 0 Å². The molecule has 0 radical (unpaired) electrons. The molecule has 0 unspecified atom stereocenters. The van der Waals surface area contributed by atoms with E-state index in [1.54, 1.807) is 18.2 Å². The number of carbonyl (C=O) groups excluding carboxylic acids is 1. The molecule has 1 saturated heterocycles. The highest BCUT2D eigenvalue weighted by atomic mass is 79.9. The van der Waals surface area contributed by atoms with Gasteiger partial charge in [0, 0.05) is 47.8 Å². The number of phenols is 1. The van der Waals surface area contributed by atoms with Crippen LogP contribution in [0.2, 0.25) is 5.02 Å². The Labute approximate surface area is 177 Å². The van der Waals surface area contributed by atoms with Crippen molar-refractivity contribution in [2.45, 2.75) is 6.54 Å². The third-order valence-corrected chi connectivity index (χ3v) is 5.28. The highest BCUT2D eigenvalue weighted by Gasteiger charge is 2.18. The lowest BCUT2D eigenvalue weighted by Gasteiger charge is -2.34. The number of phenolic OH excluding ortho intramolecular Hbond substituents is 1. The molecule has 8 heteroatoms. The van der Waals surface area contributed by atoms with E-state index in [0.29, 0.717) is 12.1 Å². The number of amides is 1. The number of halogens is 2. The third-order valence-electron chi connectivity index (χ3n) is 4.53. The first kappa shape index (κ1) is 20.8. The van der Waals surface area contributed by atoms with Gasteiger partial charge in [-0.3, -0.25) is 14.6 Å². The summed E-state index contributed by atoms with van der Waals surface area (Å²) in [6.45, 7) is 4.67. The van der Waals surface area contributed by atoms with E-state index in [1.165, 1.54) is 11.8 Å². The van der Waals surface area contributed by atoms with Crippen LogP contribution in [0.4, 0.5) is 0 Å². The molecule has 1 fully saturated rings. The Kier molecular flexibility index (Phi) is 7.44. The molecule has 6 nitrogen and oxygen atoms in total. The van der Waals surface area contributed by atoms with Gasteiger partial charge in [0.1, 0.15) is 5.75 Å². The summed E-state index contributed by atoms with van der Waals surface area (Å²) >= 11 is 9.26. The Hall–Kier alpha value is -1.93. The summed E-state index contributed by atoms with van der Waals surface area (Å²) in [7, 11) is 0. The van der Waals surface area contributed by atoms with Gasteiger partial charge in [-0.15, -0.1) is 0 Å². The summed E-state index contributed by atoms with van der Waals surface area (Å²) < 4.78 is 0.828. The van der Waals surface area contributed by atoms with Crippen LogP contribution in [-0.2, 0) is 11.3 Å². The van der Waals surface area contributed by atoms with Crippen molar-refractivity contribution in [3.05, 3.63) is 63.1 Å². The van der Waals surface area contributed by atoms with Crippen LogP contribution < -0.4 is 5.43 Å². The molecular weight excluding hydrogens is 444 g/mol. The predicted octanol–water partition coefficient (Wildman–Crippen LogP) is 3.08. The first-order valence-electron chi connectivity index (χ1n) is 8.99. The zero-order chi connectivity index (χ0) is 19.9. The zero-order valence-electron chi connectivity index (χ0n) is 15.3. The maximum Gasteiger partial charge on any atom is 0.254 e. The molecule has 0 aliphatic carbocycles. The van der Waals surface area contributed by atoms with E-state index >= 15 is 0 Å². The summed E-state index contributed by atoms with van der Waals surface area (Å²) in [5, 5.41) is 14.4. The smallest absolute Gasteiger partial charge is 0.254 e. The molecule has 2 aromatic rings. The fourth-order valence-corrected chi connectivity index (χ4v) is 3.50. The van der Waals surface area contributed by atoms with Gasteiger partial charge >= 0.3 is 0 Å². The second-order valence-electron chi connectivity index (χ2n) is 6.68. The van der Waals surface area contributed by atoms with Gasteiger partial charge in [0.15, 0.2) is 0 Å². The molecule has 3 rings (SSSR count). The average Bonchev–Trinajstić information content (AvgIpc) is 2.68. The SMILES string of the molecule is O=C(CN1CCN(Cc2ccc(Cl)cc2)CC1)NN=Cc1cc(Br)ccc1O. The van der Waals surface area contributed by atoms with Gasteiger partial charge in [-0.25, -0.2) is 5.43 Å². The molecule has 1 aliphatic heterocycles. The number of piperazine rings is 1. The fourth-order valence-electron chi connectivity index (χ4n) is 2.99. The highest BCUT2D eigenvalue weighted by Crippen LogP contribution is 2.20. The number of hydrogen-bond donors (Lipinski definition) is 2. The number of nitrogens with zero attached hydrogens (tertiary/aromatic N) is 3. The summed E-state index contributed by atoms with van der Waals surface area (Å²) in [5.74, 6) is -0.0603. The second-order valence-corrected chi connectivity index (χ2v) is 8.03. The van der Waals surface area contributed by atoms with E-state index in [4.69, 9.17) is 11.6 Å². The van der Waals surface area contributed by atoms with E-state index in [-0.39, 0.29) is 11.7 Å². The van der Waals surface area contributed by atoms with Crippen molar-refractivity contribution >= 4 is 39.7 Å². The summed E-state index contributed by atoms with van der Waals surface area (Å²) in [4.78, 5) is 16.6. The molecule has 1 aliphatic rings. The molecule has 0 bridgehead atoms. The molecule has 2 N–H and O–H groups in total. The monoisotopic (exact) mass is 464 g/mol. The van der Waals surface area contributed by atoms with Crippen molar-refractivity contribution in [2.24, 2.45) is 5.10 Å². The van der Waals surface area contributed by atoms with Crippen LogP contribution in [0.1, 0.15) is 11.1 Å². The van der Waals surface area contributed by atoms with E-state index in [1.807, 2.05) is 24.3 Å². The van der Waals surface area contributed by atoms with Crippen LogP contribution in [-0.4, -0.2) is 59.8 Å². The van der Waals surface area contributed by atoms with Crippen LogP contribution in [0.25, 0.3) is 0 Å². The first-order valence-corrected chi connectivity index (χ1v) is 10.2. The zero-order valence-corrected chi connectivity index (χ0v) is 17.7. The molecule has 2 aromatic carbocycles. The van der Waals surface area contributed by atoms with Gasteiger partial charge in [0.05, 0.1) is 12.8 Å². The number of benzene rings is 2. The van der Waals surface area contributed by atoms with Crippen molar-refractivity contribution in [2.75, 3.05) is 32.7 Å². The molecule has 1 amide bonds. The molecule has 1 heterocycles. The van der Waals surface area contributed by atoms with Crippen molar-refractivity contribution in [1.82, 2.24) is 15.2 Å². The Morgan fingerprint density at radius 2 is 1.82 bits per heavy atom. The molecule has 0 aromatic heterocycles. The Bertz CT molecular complexity index is 837. The summed E-state index contributed by atoms with van der Waals surface area (Å²) in [6, 6.07) is 12.9. The second kappa shape index (κ2) is 10.0. The minimum absolute atomic E-state index is 0.109. The molecule has 0 atom stereocenters. The minimum atomic E-state index is -0.170. The van der Waals surface area contributed by atoms with Crippen LogP contribution in [0, 0.1) is 0 Å². The summed E-state index contributed by atoms with van der Waals surface area (Å²) in [6.07, 6.45) is 1.43. The lowest BCUT2D eigenvalue weighted by molar-refractivity contribution is -0.122. The molecule has 28 heavy (non-hydrogen) atoms. The average molecular weight is 466 g/mol. The third kappa shape index (κ3) is 6.31. The number of nitrogens with one attached hydrogen (secondary N) is 1. The Morgan fingerprint density at radius 3 is 2.54 bits per heavy atom. The van der Waals surface area contributed by atoms with Gasteiger partial charge < -0.3 is 5.11 Å². The number of aromatic hydroxyl groups is 1. The fraction of sp³-hybridized carbons (Fsp3) is 0.300. The molecular formula is C20H22BrClN4O2. The van der Waals surface area contributed by atoms with Crippen LogP contribution in [0.15, 0.2) is 52.0 Å². The lowest BCUT2D eigenvalue weighted by Crippen LogP contribution is -2.48. The van der Waals surface area contributed by atoms with Gasteiger partial charge in [-0.05, 0) is 35.9 Å². The van der Waals surface area contributed by atoms with Crippen molar-refractivity contribution < 1.29 is 9.90 Å². The minimum Gasteiger partial charge on any atom is -0.507 e. The Balaban J connectivity index is 1.40. The van der Waals surface area contributed by atoms with E-state index in [2.05, 4.69) is 36.3 Å². The predicted molar refractivity (Wildman–Crippen MR) is 115 cm³/mol. The van der Waals surface area contributed by atoms with Gasteiger partial charge in [0.25, 0.3) is 5.91 Å². The van der Waals surface area contributed by atoms with Gasteiger partial charge in [0.2, 0.25) is 0 Å². The molecule has 0 saturated carbocycles. The maximum absolute atomic E-state index is 12.1. The lowest BCUT2D eigenvalue weighted by atomic mass is 10.2. The van der Waals surface area contributed by atoms with E-state index in [0.717, 1.165) is 42.2 Å². The maximum atomic E-state index is 12.1. The van der Waals surface area contributed by atoms with Crippen LogP contribution in [0.3, 0.4) is 0 Å². The largest absolute Gasteiger partial charge is 0.507 e. The highest BCUT2D eigenvalue weighted by molar-refractivity contribution is 9.10. The number of hydrogen-bond acceptors (Lipinski definition) is 5. The van der Waals surface area contributed by atoms with Gasteiger partial charge in [-0.1, -0.05) is 39.7 Å². The molecule has 148 valence electrons. The van der Waals surface area contributed by atoms with E-state index < -0.39 is 0 Å². The topological polar surface area (TPSA) is 68.2 Å². The van der Waals surface area contributed by atoms with Gasteiger partial charge in [-0.2, -0.15) is 5.10 Å². The standard InChI is InChI=1S/C20H22BrClN4O2/c21-17-3-6-19(27)16(11-17)12-23-24-20(28)14-26-9-7-25(8-10-26)13-15-1-4-18(22)5-2-15/h1-6,11-12,27H,7-10,13-14H2,(H,24,28). The Morgan fingerprint density at radius 1 is 1.14 bits per heavy atom. The van der Waals surface area contributed by atoms with Crippen LogP contribution in [0.5, 0.6) is 5.75 Å². The van der Waals surface area contributed by atoms with Crippen molar-refractivity contribution in [3.8, 4) is 5.75 Å². The van der Waals surface area contributed by atoms with Crippen LogP contribution >= 0.6 is 27.5 Å². The molecule has 0 spiro atoms. The normalized spacial score (nSPS) is 15.8. The quantitative estimate of drug-likeness (QED) is 0.508. The number of hydrazone groups is 1. The number of rotatable bonds is 6. The summed E-state index contributed by atoms with van der Waals surface area (Å²) in [5.41, 5.74) is 4.29. The first-order chi connectivity index (χ1) is 13.5. The number of carbonyl (C=O) groups is 1. The van der Waals surface area contributed by atoms with E-state index in [9.17, 15) is 9.90 Å².